The highest BCUT2D eigenvalue weighted by Crippen LogP contribution is 2.20. The van der Waals surface area contributed by atoms with Crippen molar-refractivity contribution < 1.29 is 17.7 Å². The largest absolute Gasteiger partial charge is 1.00 e. The summed E-state index contributed by atoms with van der Waals surface area (Å²) in [6, 6.07) is 4.62. The van der Waals surface area contributed by atoms with Crippen molar-refractivity contribution in [3.63, 3.8) is 0 Å². The smallest absolute Gasteiger partial charge is 0.102 e. The maximum Gasteiger partial charge on any atom is 0.102 e. The van der Waals surface area contributed by atoms with E-state index in [1.165, 1.54) is 31.5 Å². The first-order valence-electron chi connectivity index (χ1n) is 5.24. The molecule has 0 aromatic heterocycles. The second-order valence-electron chi connectivity index (χ2n) is 3.87. The van der Waals surface area contributed by atoms with Crippen molar-refractivity contribution >= 4 is 0 Å². The lowest BCUT2D eigenvalue weighted by molar-refractivity contribution is -0.673. The van der Waals surface area contributed by atoms with E-state index in [9.17, 15) is 0 Å². The molecule has 0 spiro atoms. The van der Waals surface area contributed by atoms with Crippen LogP contribution >= 0.6 is 0 Å². The molecule has 2 heteroatoms. The van der Waals surface area contributed by atoms with Crippen molar-refractivity contribution in [2.45, 2.75) is 33.2 Å². The molecule has 0 aliphatic carbocycles. The summed E-state index contributed by atoms with van der Waals surface area (Å²) in [5.74, 6) is 0. The fraction of sp³-hybridized carbons (Fsp3) is 0.500. The van der Waals surface area contributed by atoms with Crippen LogP contribution in [-0.4, -0.2) is 6.54 Å². The summed E-state index contributed by atoms with van der Waals surface area (Å²) < 4.78 is 0. The van der Waals surface area contributed by atoms with E-state index in [1.54, 1.807) is 16.7 Å². The van der Waals surface area contributed by atoms with E-state index in [2.05, 4.69) is 31.3 Å². The molecule has 0 bridgehead atoms. The highest BCUT2D eigenvalue weighted by atomic mass is 35.5. The first kappa shape index (κ1) is 11.5. The molecule has 0 saturated heterocycles. The Hall–Kier alpha value is -0.530. The van der Waals surface area contributed by atoms with E-state index < -0.39 is 0 Å². The molecule has 14 heavy (non-hydrogen) atoms. The summed E-state index contributed by atoms with van der Waals surface area (Å²) in [5, 5.41) is 2.40. The highest BCUT2D eigenvalue weighted by molar-refractivity contribution is 5.40. The Morgan fingerprint density at radius 2 is 2.14 bits per heavy atom. The van der Waals surface area contributed by atoms with Crippen LogP contribution in [0.1, 0.15) is 29.2 Å². The zero-order chi connectivity index (χ0) is 9.26. The minimum Gasteiger partial charge on any atom is -1.00 e. The van der Waals surface area contributed by atoms with Gasteiger partial charge in [0, 0.05) is 12.0 Å². The first-order valence-corrected chi connectivity index (χ1v) is 5.24. The van der Waals surface area contributed by atoms with Gasteiger partial charge in [-0.05, 0) is 30.0 Å². The predicted octanol–water partition coefficient (Wildman–Crippen LogP) is -1.82. The molecule has 0 fully saturated rings. The Morgan fingerprint density at radius 3 is 2.86 bits per heavy atom. The van der Waals surface area contributed by atoms with Gasteiger partial charge in [0.15, 0.2) is 0 Å². The number of aryl methyl sites for hydroxylation is 1. The normalized spacial score (nSPS) is 14.4. The van der Waals surface area contributed by atoms with Crippen LogP contribution in [0, 0.1) is 6.92 Å². The fourth-order valence-corrected chi connectivity index (χ4v) is 2.29. The third-order valence-corrected chi connectivity index (χ3v) is 3.15. The van der Waals surface area contributed by atoms with Gasteiger partial charge in [-0.15, -0.1) is 0 Å². The standard InChI is InChI=1S/C12H17N.ClH/c1-3-10-4-5-11-8-13-7-6-12(11)9(10)2;/h4-5,13H,3,6-8H2,1-2H3;1H. The van der Waals surface area contributed by atoms with Gasteiger partial charge >= 0.3 is 0 Å². The molecule has 2 N–H and O–H groups in total. The molecular weight excluding hydrogens is 194 g/mol. The van der Waals surface area contributed by atoms with Gasteiger partial charge < -0.3 is 17.7 Å². The van der Waals surface area contributed by atoms with Gasteiger partial charge in [0.05, 0.1) is 6.54 Å². The minimum atomic E-state index is 0. The van der Waals surface area contributed by atoms with Crippen LogP contribution in [0.4, 0.5) is 0 Å². The molecule has 1 aromatic rings. The predicted molar refractivity (Wildman–Crippen MR) is 54.8 cm³/mol. The Bertz CT molecular complexity index is 320. The van der Waals surface area contributed by atoms with Crippen molar-refractivity contribution in [3.05, 3.63) is 34.4 Å². The molecule has 2 rings (SSSR count). The van der Waals surface area contributed by atoms with Crippen molar-refractivity contribution in [3.8, 4) is 0 Å². The molecule has 1 aliphatic heterocycles. The number of quaternary nitrogens is 1. The van der Waals surface area contributed by atoms with Crippen molar-refractivity contribution in [1.29, 1.82) is 0 Å². The number of nitrogens with two attached hydrogens (primary N) is 1. The SMILES string of the molecule is CCc1ccc2c(c1C)CC[NH2+]C2.[Cl-]. The van der Waals surface area contributed by atoms with E-state index in [1.807, 2.05) is 0 Å². The van der Waals surface area contributed by atoms with E-state index >= 15 is 0 Å². The van der Waals surface area contributed by atoms with Gasteiger partial charge in [-0.1, -0.05) is 19.1 Å². The Kier molecular flexibility index (Phi) is 3.97. The highest BCUT2D eigenvalue weighted by Gasteiger charge is 2.14. The zero-order valence-corrected chi connectivity index (χ0v) is 9.69. The second kappa shape index (κ2) is 4.81. The third-order valence-electron chi connectivity index (χ3n) is 3.15. The monoisotopic (exact) mass is 211 g/mol. The van der Waals surface area contributed by atoms with Gasteiger partial charge in [0.2, 0.25) is 0 Å². The molecule has 1 heterocycles. The van der Waals surface area contributed by atoms with Crippen molar-refractivity contribution in [2.24, 2.45) is 0 Å². The Labute approximate surface area is 92.3 Å². The van der Waals surface area contributed by atoms with Crippen LogP contribution in [0.3, 0.4) is 0 Å². The second-order valence-corrected chi connectivity index (χ2v) is 3.87. The van der Waals surface area contributed by atoms with Gasteiger partial charge in [-0.25, -0.2) is 0 Å². The van der Waals surface area contributed by atoms with Crippen molar-refractivity contribution in [1.82, 2.24) is 0 Å². The van der Waals surface area contributed by atoms with Crippen LogP contribution < -0.4 is 17.7 Å². The van der Waals surface area contributed by atoms with Gasteiger partial charge in [0.25, 0.3) is 0 Å². The summed E-state index contributed by atoms with van der Waals surface area (Å²) in [4.78, 5) is 0. The summed E-state index contributed by atoms with van der Waals surface area (Å²) in [6.45, 7) is 6.97. The average molecular weight is 212 g/mol. The quantitative estimate of drug-likeness (QED) is 0.564. The lowest BCUT2D eigenvalue weighted by Gasteiger charge is -2.18. The average Bonchev–Trinajstić information content (AvgIpc) is 2.19. The van der Waals surface area contributed by atoms with Crippen molar-refractivity contribution in [2.75, 3.05) is 6.54 Å². The molecule has 0 atom stereocenters. The third kappa shape index (κ3) is 1.94. The number of hydrogen-bond donors (Lipinski definition) is 1. The molecule has 0 unspecified atom stereocenters. The number of fused-ring (bicyclic) bond motifs is 1. The molecule has 1 nitrogen and oxygen atoms in total. The molecule has 0 saturated carbocycles. The molecule has 0 amide bonds. The number of rotatable bonds is 1. The summed E-state index contributed by atoms with van der Waals surface area (Å²) in [6.07, 6.45) is 2.43. The maximum absolute atomic E-state index is 2.40. The van der Waals surface area contributed by atoms with E-state index in [-0.39, 0.29) is 12.4 Å². The molecule has 1 aliphatic rings. The van der Waals surface area contributed by atoms with Gasteiger partial charge in [-0.2, -0.15) is 0 Å². The lowest BCUT2D eigenvalue weighted by atomic mass is 9.92. The number of benzene rings is 1. The Balaban J connectivity index is 0.000000980. The molecule has 78 valence electrons. The molecule has 0 radical (unpaired) electrons. The first-order chi connectivity index (χ1) is 6.33. The zero-order valence-electron chi connectivity index (χ0n) is 8.94. The topological polar surface area (TPSA) is 16.6 Å². The van der Waals surface area contributed by atoms with Crippen LogP contribution in [0.2, 0.25) is 0 Å². The Morgan fingerprint density at radius 1 is 1.36 bits per heavy atom. The van der Waals surface area contributed by atoms with E-state index in [0.29, 0.717) is 0 Å². The summed E-state index contributed by atoms with van der Waals surface area (Å²) in [5.41, 5.74) is 6.26. The summed E-state index contributed by atoms with van der Waals surface area (Å²) >= 11 is 0. The van der Waals surface area contributed by atoms with E-state index in [4.69, 9.17) is 0 Å². The van der Waals surface area contributed by atoms with Gasteiger partial charge in [-0.3, -0.25) is 0 Å². The molecular formula is C12H18ClN. The lowest BCUT2D eigenvalue weighted by Crippen LogP contribution is -3.00. The van der Waals surface area contributed by atoms with Gasteiger partial charge in [0.1, 0.15) is 6.54 Å². The molecule has 1 aromatic carbocycles. The minimum absolute atomic E-state index is 0. The number of hydrogen-bond acceptors (Lipinski definition) is 0. The fourth-order valence-electron chi connectivity index (χ4n) is 2.29. The van der Waals surface area contributed by atoms with E-state index in [0.717, 1.165) is 0 Å². The summed E-state index contributed by atoms with van der Waals surface area (Å²) in [7, 11) is 0. The van der Waals surface area contributed by atoms with Crippen LogP contribution in [0.15, 0.2) is 12.1 Å². The van der Waals surface area contributed by atoms with Crippen LogP contribution in [0.25, 0.3) is 0 Å². The maximum atomic E-state index is 2.40. The van der Waals surface area contributed by atoms with Crippen LogP contribution in [-0.2, 0) is 19.4 Å². The number of halogens is 1. The van der Waals surface area contributed by atoms with Crippen LogP contribution in [0.5, 0.6) is 0 Å².